The van der Waals surface area contributed by atoms with Crippen molar-refractivity contribution >= 4 is 5.91 Å². The molecule has 0 N–H and O–H groups in total. The Bertz CT molecular complexity index is 889. The van der Waals surface area contributed by atoms with Crippen LogP contribution < -0.4 is 10.4 Å². The number of aromatic nitrogens is 3. The van der Waals surface area contributed by atoms with E-state index >= 15 is 0 Å². The molecule has 27 heavy (non-hydrogen) atoms. The number of ether oxygens (including phenoxy) is 1. The highest BCUT2D eigenvalue weighted by atomic mass is 16.5. The molecule has 1 saturated heterocycles. The monoisotopic (exact) mass is 372 g/mol. The third-order valence-electron chi connectivity index (χ3n) is 5.34. The summed E-state index contributed by atoms with van der Waals surface area (Å²) in [5.41, 5.74) is 2.50. The molecule has 2 heterocycles. The lowest BCUT2D eigenvalue weighted by atomic mass is 9.96. The summed E-state index contributed by atoms with van der Waals surface area (Å²) < 4.78 is 8.50. The van der Waals surface area contributed by atoms with Gasteiger partial charge in [0.1, 0.15) is 11.6 Å². The number of amides is 1. The van der Waals surface area contributed by atoms with Crippen LogP contribution in [0.4, 0.5) is 0 Å². The first-order valence-corrected chi connectivity index (χ1v) is 9.45. The van der Waals surface area contributed by atoms with Gasteiger partial charge in [0.2, 0.25) is 0 Å². The van der Waals surface area contributed by atoms with Crippen molar-refractivity contribution in [3.05, 3.63) is 45.1 Å². The molecule has 1 aromatic heterocycles. The van der Waals surface area contributed by atoms with E-state index in [0.717, 1.165) is 42.1 Å². The summed E-state index contributed by atoms with van der Waals surface area (Å²) in [6.45, 7) is 7.75. The van der Waals surface area contributed by atoms with Crippen LogP contribution in [0.1, 0.15) is 53.0 Å². The van der Waals surface area contributed by atoms with E-state index in [1.165, 1.54) is 4.68 Å². The standard InChI is InChI=1S/C20H28N4O3/c1-6-24-18(21-22(4)20(24)26)15-8-7-9-23(12-15)19(25)16-10-13(2)17(27-5)14(3)11-16/h10-11,15H,6-9,12H2,1-5H3/t15-/m1/s1. The second kappa shape index (κ2) is 7.58. The Labute approximate surface area is 159 Å². The largest absolute Gasteiger partial charge is 0.496 e. The molecule has 1 aromatic carbocycles. The van der Waals surface area contributed by atoms with Crippen LogP contribution in [0.2, 0.25) is 0 Å². The maximum absolute atomic E-state index is 13.1. The Morgan fingerprint density at radius 1 is 1.30 bits per heavy atom. The fraction of sp³-hybridized carbons (Fsp3) is 0.550. The molecule has 3 rings (SSSR count). The number of rotatable bonds is 4. The Morgan fingerprint density at radius 3 is 2.56 bits per heavy atom. The zero-order valence-electron chi connectivity index (χ0n) is 16.8. The van der Waals surface area contributed by atoms with E-state index in [1.807, 2.05) is 37.8 Å². The molecule has 0 unspecified atom stereocenters. The first-order valence-electron chi connectivity index (χ1n) is 9.45. The van der Waals surface area contributed by atoms with Gasteiger partial charge in [0.05, 0.1) is 7.11 Å². The van der Waals surface area contributed by atoms with Crippen molar-refractivity contribution in [2.45, 2.75) is 46.1 Å². The molecule has 0 radical (unpaired) electrons. The lowest BCUT2D eigenvalue weighted by Crippen LogP contribution is -2.40. The van der Waals surface area contributed by atoms with Gasteiger partial charge in [0, 0.05) is 38.2 Å². The van der Waals surface area contributed by atoms with E-state index in [2.05, 4.69) is 5.10 Å². The molecule has 1 aliphatic heterocycles. The number of aryl methyl sites for hydroxylation is 3. The lowest BCUT2D eigenvalue weighted by molar-refractivity contribution is 0.0703. The van der Waals surface area contributed by atoms with E-state index < -0.39 is 0 Å². The number of benzene rings is 1. The van der Waals surface area contributed by atoms with Gasteiger partial charge in [-0.15, -0.1) is 0 Å². The number of methoxy groups -OCH3 is 1. The molecule has 2 aromatic rings. The van der Waals surface area contributed by atoms with Gasteiger partial charge in [-0.25, -0.2) is 9.48 Å². The van der Waals surface area contributed by atoms with E-state index in [0.29, 0.717) is 18.7 Å². The van der Waals surface area contributed by atoms with Crippen LogP contribution in [0.25, 0.3) is 0 Å². The van der Waals surface area contributed by atoms with E-state index in [9.17, 15) is 9.59 Å². The fourth-order valence-electron chi connectivity index (χ4n) is 4.07. The van der Waals surface area contributed by atoms with E-state index in [4.69, 9.17) is 4.74 Å². The molecular weight excluding hydrogens is 344 g/mol. The number of carbonyl (C=O) groups is 1. The van der Waals surface area contributed by atoms with E-state index in [1.54, 1.807) is 18.7 Å². The Balaban J connectivity index is 1.85. The lowest BCUT2D eigenvalue weighted by Gasteiger charge is -2.32. The highest BCUT2D eigenvalue weighted by molar-refractivity contribution is 5.95. The van der Waals surface area contributed by atoms with Crippen LogP contribution in [0.3, 0.4) is 0 Å². The molecule has 0 bridgehead atoms. The Morgan fingerprint density at radius 2 is 1.96 bits per heavy atom. The summed E-state index contributed by atoms with van der Waals surface area (Å²) in [5, 5.41) is 4.43. The Hall–Kier alpha value is -2.57. The first-order chi connectivity index (χ1) is 12.9. The smallest absolute Gasteiger partial charge is 0.345 e. The van der Waals surface area contributed by atoms with Gasteiger partial charge in [-0.1, -0.05) is 0 Å². The van der Waals surface area contributed by atoms with Crippen molar-refractivity contribution in [1.29, 1.82) is 0 Å². The molecule has 0 aliphatic carbocycles. The SMILES string of the molecule is CCn1c([C@@H]2CCCN(C(=O)c3cc(C)c(OC)c(C)c3)C2)nn(C)c1=O. The summed E-state index contributed by atoms with van der Waals surface area (Å²) in [6, 6.07) is 3.78. The number of hydrogen-bond acceptors (Lipinski definition) is 4. The zero-order valence-corrected chi connectivity index (χ0v) is 16.8. The van der Waals surface area contributed by atoms with Crippen molar-refractivity contribution < 1.29 is 9.53 Å². The molecular formula is C20H28N4O3. The van der Waals surface area contributed by atoms with Crippen molar-refractivity contribution in [2.75, 3.05) is 20.2 Å². The van der Waals surface area contributed by atoms with Crippen molar-refractivity contribution in [1.82, 2.24) is 19.2 Å². The predicted octanol–water partition coefficient (Wildman–Crippen LogP) is 2.25. The molecule has 7 heteroatoms. The highest BCUT2D eigenvalue weighted by Gasteiger charge is 2.29. The number of nitrogens with zero attached hydrogens (tertiary/aromatic N) is 4. The quantitative estimate of drug-likeness (QED) is 0.825. The maximum Gasteiger partial charge on any atom is 0.345 e. The number of hydrogen-bond donors (Lipinski definition) is 0. The van der Waals surface area contributed by atoms with Gasteiger partial charge in [-0.05, 0) is 56.9 Å². The van der Waals surface area contributed by atoms with Gasteiger partial charge < -0.3 is 9.64 Å². The third-order valence-corrected chi connectivity index (χ3v) is 5.34. The average molecular weight is 372 g/mol. The molecule has 1 atom stereocenters. The molecule has 7 nitrogen and oxygen atoms in total. The predicted molar refractivity (Wildman–Crippen MR) is 103 cm³/mol. The summed E-state index contributed by atoms with van der Waals surface area (Å²) in [5.74, 6) is 1.71. The molecule has 146 valence electrons. The fourth-order valence-corrected chi connectivity index (χ4v) is 4.07. The van der Waals surface area contributed by atoms with Gasteiger partial charge in [-0.3, -0.25) is 9.36 Å². The average Bonchev–Trinajstić information content (AvgIpc) is 2.95. The second-order valence-corrected chi connectivity index (χ2v) is 7.24. The molecule has 0 spiro atoms. The number of piperidine rings is 1. The normalized spacial score (nSPS) is 17.2. The van der Waals surface area contributed by atoms with Gasteiger partial charge in [0.25, 0.3) is 5.91 Å². The second-order valence-electron chi connectivity index (χ2n) is 7.24. The van der Waals surface area contributed by atoms with Crippen LogP contribution in [-0.2, 0) is 13.6 Å². The Kier molecular flexibility index (Phi) is 5.39. The van der Waals surface area contributed by atoms with Crippen LogP contribution in [0, 0.1) is 13.8 Å². The molecule has 1 fully saturated rings. The first kappa shape index (κ1) is 19.2. The minimum atomic E-state index is -0.0997. The topological polar surface area (TPSA) is 69.4 Å². The van der Waals surface area contributed by atoms with Crippen LogP contribution in [0.15, 0.2) is 16.9 Å². The van der Waals surface area contributed by atoms with Crippen molar-refractivity contribution in [3.63, 3.8) is 0 Å². The molecule has 1 amide bonds. The number of likely N-dealkylation sites (tertiary alicyclic amines) is 1. The zero-order chi connectivity index (χ0) is 19.7. The summed E-state index contributed by atoms with van der Waals surface area (Å²) in [7, 11) is 3.32. The minimum Gasteiger partial charge on any atom is -0.496 e. The molecule has 1 aliphatic rings. The van der Waals surface area contributed by atoms with Crippen molar-refractivity contribution in [2.24, 2.45) is 7.05 Å². The van der Waals surface area contributed by atoms with Crippen LogP contribution >= 0.6 is 0 Å². The molecule has 0 saturated carbocycles. The van der Waals surface area contributed by atoms with Gasteiger partial charge in [0.15, 0.2) is 0 Å². The third kappa shape index (κ3) is 3.50. The van der Waals surface area contributed by atoms with Gasteiger partial charge >= 0.3 is 5.69 Å². The summed E-state index contributed by atoms with van der Waals surface area (Å²) in [4.78, 5) is 27.2. The number of carbonyl (C=O) groups excluding carboxylic acids is 1. The van der Waals surface area contributed by atoms with Crippen LogP contribution in [-0.4, -0.2) is 45.4 Å². The van der Waals surface area contributed by atoms with Crippen LogP contribution in [0.5, 0.6) is 5.75 Å². The van der Waals surface area contributed by atoms with Gasteiger partial charge in [-0.2, -0.15) is 5.10 Å². The summed E-state index contributed by atoms with van der Waals surface area (Å²) >= 11 is 0. The van der Waals surface area contributed by atoms with Crippen molar-refractivity contribution in [3.8, 4) is 5.75 Å². The van der Waals surface area contributed by atoms with E-state index in [-0.39, 0.29) is 17.5 Å². The summed E-state index contributed by atoms with van der Waals surface area (Å²) in [6.07, 6.45) is 1.83. The minimum absolute atomic E-state index is 0.0230. The highest BCUT2D eigenvalue weighted by Crippen LogP contribution is 2.28. The maximum atomic E-state index is 13.1.